The van der Waals surface area contributed by atoms with Gasteiger partial charge in [0.1, 0.15) is 5.75 Å². The molecule has 0 heterocycles. The van der Waals surface area contributed by atoms with E-state index in [0.717, 1.165) is 33.4 Å². The fourth-order valence-corrected chi connectivity index (χ4v) is 4.76. The molecule has 4 heteroatoms. The van der Waals surface area contributed by atoms with Gasteiger partial charge in [0.05, 0.1) is 19.3 Å². The van der Waals surface area contributed by atoms with E-state index in [1.807, 2.05) is 64.1 Å². The van der Waals surface area contributed by atoms with Crippen molar-refractivity contribution in [3.63, 3.8) is 0 Å². The van der Waals surface area contributed by atoms with Gasteiger partial charge in [0.15, 0.2) is 5.78 Å². The molecule has 0 saturated carbocycles. The summed E-state index contributed by atoms with van der Waals surface area (Å²) in [6, 6.07) is 19.3. The molecule has 3 aromatic carbocycles. The summed E-state index contributed by atoms with van der Waals surface area (Å²) in [5.41, 5.74) is 8.35. The number of rotatable bonds is 6. The second kappa shape index (κ2) is 9.75. The lowest BCUT2D eigenvalue weighted by molar-refractivity contribution is -0.138. The van der Waals surface area contributed by atoms with Gasteiger partial charge in [-0.2, -0.15) is 0 Å². The molecular formula is C31H30O4. The fourth-order valence-electron chi connectivity index (χ4n) is 4.76. The summed E-state index contributed by atoms with van der Waals surface area (Å²) in [6.45, 7) is 10.0. The number of allylic oxidation sites excluding steroid dienone is 2. The van der Waals surface area contributed by atoms with Crippen molar-refractivity contribution >= 4 is 28.5 Å². The predicted molar refractivity (Wildman–Crippen MR) is 140 cm³/mol. The van der Waals surface area contributed by atoms with Crippen molar-refractivity contribution in [2.45, 2.75) is 34.6 Å². The first-order valence-corrected chi connectivity index (χ1v) is 11.8. The molecule has 0 aliphatic heterocycles. The summed E-state index contributed by atoms with van der Waals surface area (Å²) in [4.78, 5) is 27.7. The molecular weight excluding hydrogens is 436 g/mol. The van der Waals surface area contributed by atoms with E-state index in [4.69, 9.17) is 9.47 Å². The Morgan fingerprint density at radius 3 is 1.77 bits per heavy atom. The van der Waals surface area contributed by atoms with E-state index in [9.17, 15) is 9.59 Å². The lowest BCUT2D eigenvalue weighted by Crippen LogP contribution is -2.11. The van der Waals surface area contributed by atoms with Crippen molar-refractivity contribution in [1.29, 1.82) is 0 Å². The maximum Gasteiger partial charge on any atom is 0.339 e. The number of carbonyl (C=O) groups is 2. The fraction of sp³-hybridized carbons (Fsp3) is 0.226. The van der Waals surface area contributed by atoms with E-state index < -0.39 is 5.97 Å². The Kier molecular flexibility index (Phi) is 6.74. The van der Waals surface area contributed by atoms with Crippen LogP contribution in [0.25, 0.3) is 16.7 Å². The molecule has 0 N–H and O–H groups in total. The van der Waals surface area contributed by atoms with Crippen LogP contribution in [-0.2, 0) is 14.3 Å². The third-order valence-electron chi connectivity index (χ3n) is 6.36. The normalized spacial score (nSPS) is 13.5. The van der Waals surface area contributed by atoms with E-state index in [-0.39, 0.29) is 12.4 Å². The highest BCUT2D eigenvalue weighted by Crippen LogP contribution is 2.47. The first-order chi connectivity index (χ1) is 16.8. The number of Topliss-reactive ketones (excluding diaryl/α,β-unsaturated/α-hetero) is 1. The van der Waals surface area contributed by atoms with Crippen LogP contribution in [0.5, 0.6) is 5.75 Å². The van der Waals surface area contributed by atoms with E-state index in [1.54, 1.807) is 26.2 Å². The Balaban J connectivity index is 2.09. The standard InChI is InChI=1S/C31H30O4/c1-7-35-31(33)29-26(22-10-12-23(34-6)13-11-22)30(32)28(25-15-9-19(3)17-21(25)5)27(29)24-14-8-18(2)16-20(24)4/h8-17H,7H2,1-6H3. The summed E-state index contributed by atoms with van der Waals surface area (Å²) in [5.74, 6) is -0.00352. The second-order valence-electron chi connectivity index (χ2n) is 8.91. The topological polar surface area (TPSA) is 52.6 Å². The summed E-state index contributed by atoms with van der Waals surface area (Å²) >= 11 is 0. The van der Waals surface area contributed by atoms with Gasteiger partial charge in [-0.1, -0.05) is 59.7 Å². The quantitative estimate of drug-likeness (QED) is 0.392. The van der Waals surface area contributed by atoms with Crippen LogP contribution in [0.3, 0.4) is 0 Å². The van der Waals surface area contributed by atoms with Gasteiger partial charge in [-0.25, -0.2) is 4.79 Å². The number of hydrogen-bond acceptors (Lipinski definition) is 4. The number of benzene rings is 3. The average Bonchev–Trinajstić information content (AvgIpc) is 3.12. The molecule has 3 aromatic rings. The van der Waals surface area contributed by atoms with Crippen LogP contribution in [0.1, 0.15) is 45.9 Å². The molecule has 0 bridgehead atoms. The molecule has 1 aliphatic carbocycles. The molecule has 0 spiro atoms. The molecule has 0 radical (unpaired) electrons. The van der Waals surface area contributed by atoms with Gasteiger partial charge in [0.2, 0.25) is 0 Å². The zero-order valence-electron chi connectivity index (χ0n) is 21.1. The Bertz CT molecular complexity index is 1390. The third kappa shape index (κ3) is 4.44. The SMILES string of the molecule is CCOC(=O)C1=C(c2ccc(OC)cc2)C(=O)C(c2ccc(C)cc2C)=C1c1ccc(C)cc1C. The van der Waals surface area contributed by atoms with E-state index in [2.05, 4.69) is 12.1 Å². The molecule has 0 saturated heterocycles. The molecule has 35 heavy (non-hydrogen) atoms. The first kappa shape index (κ1) is 24.2. The summed E-state index contributed by atoms with van der Waals surface area (Å²) in [5, 5.41) is 0. The van der Waals surface area contributed by atoms with E-state index in [0.29, 0.717) is 33.6 Å². The van der Waals surface area contributed by atoms with Crippen LogP contribution in [-0.4, -0.2) is 25.5 Å². The lowest BCUT2D eigenvalue weighted by atomic mass is 9.88. The van der Waals surface area contributed by atoms with Crippen LogP contribution < -0.4 is 4.74 Å². The minimum absolute atomic E-state index is 0.180. The van der Waals surface area contributed by atoms with Crippen molar-refractivity contribution in [1.82, 2.24) is 0 Å². The Morgan fingerprint density at radius 1 is 0.743 bits per heavy atom. The lowest BCUT2D eigenvalue weighted by Gasteiger charge is -2.16. The zero-order valence-corrected chi connectivity index (χ0v) is 21.1. The zero-order chi connectivity index (χ0) is 25.3. The van der Waals surface area contributed by atoms with Gasteiger partial charge < -0.3 is 9.47 Å². The average molecular weight is 467 g/mol. The number of ether oxygens (including phenoxy) is 2. The van der Waals surface area contributed by atoms with Crippen LogP contribution in [0.4, 0.5) is 0 Å². The van der Waals surface area contributed by atoms with Crippen LogP contribution in [0, 0.1) is 27.7 Å². The summed E-state index contributed by atoms with van der Waals surface area (Å²) < 4.78 is 10.8. The van der Waals surface area contributed by atoms with E-state index >= 15 is 0 Å². The molecule has 0 fully saturated rings. The summed E-state index contributed by atoms with van der Waals surface area (Å²) in [7, 11) is 1.59. The molecule has 0 atom stereocenters. The Hall–Kier alpha value is -3.92. The highest BCUT2D eigenvalue weighted by molar-refractivity contribution is 6.55. The smallest absolute Gasteiger partial charge is 0.339 e. The van der Waals surface area contributed by atoms with Gasteiger partial charge in [0.25, 0.3) is 0 Å². The van der Waals surface area contributed by atoms with Gasteiger partial charge in [-0.05, 0) is 74.6 Å². The van der Waals surface area contributed by atoms with Crippen LogP contribution >= 0.6 is 0 Å². The van der Waals surface area contributed by atoms with Gasteiger partial charge >= 0.3 is 5.97 Å². The largest absolute Gasteiger partial charge is 0.497 e. The molecule has 0 aromatic heterocycles. The molecule has 0 unspecified atom stereocenters. The number of carbonyl (C=O) groups excluding carboxylic acids is 2. The number of esters is 1. The molecule has 4 nitrogen and oxygen atoms in total. The minimum atomic E-state index is -0.499. The predicted octanol–water partition coefficient (Wildman–Crippen LogP) is 6.44. The number of hydrogen-bond donors (Lipinski definition) is 0. The van der Waals surface area contributed by atoms with Crippen molar-refractivity contribution in [3.05, 3.63) is 105 Å². The number of aryl methyl sites for hydroxylation is 4. The van der Waals surface area contributed by atoms with Crippen molar-refractivity contribution in [3.8, 4) is 5.75 Å². The monoisotopic (exact) mass is 466 g/mol. The third-order valence-corrected chi connectivity index (χ3v) is 6.36. The maximum absolute atomic E-state index is 14.2. The number of ketones is 1. The first-order valence-electron chi connectivity index (χ1n) is 11.8. The van der Waals surface area contributed by atoms with Gasteiger partial charge in [0, 0.05) is 16.7 Å². The van der Waals surface area contributed by atoms with Crippen molar-refractivity contribution in [2.24, 2.45) is 0 Å². The van der Waals surface area contributed by atoms with Crippen molar-refractivity contribution < 1.29 is 19.1 Å². The minimum Gasteiger partial charge on any atom is -0.497 e. The van der Waals surface area contributed by atoms with Crippen molar-refractivity contribution in [2.75, 3.05) is 13.7 Å². The molecule has 1 aliphatic rings. The van der Waals surface area contributed by atoms with E-state index in [1.165, 1.54) is 0 Å². The Labute approximate surface area is 206 Å². The second-order valence-corrected chi connectivity index (χ2v) is 8.91. The molecule has 4 rings (SSSR count). The molecule has 178 valence electrons. The maximum atomic E-state index is 14.2. The Morgan fingerprint density at radius 2 is 1.29 bits per heavy atom. The summed E-state index contributed by atoms with van der Waals surface area (Å²) in [6.07, 6.45) is 0. The van der Waals surface area contributed by atoms with Crippen LogP contribution in [0.2, 0.25) is 0 Å². The highest BCUT2D eigenvalue weighted by atomic mass is 16.5. The highest BCUT2D eigenvalue weighted by Gasteiger charge is 2.39. The molecule has 0 amide bonds. The van der Waals surface area contributed by atoms with Gasteiger partial charge in [-0.3, -0.25) is 4.79 Å². The van der Waals surface area contributed by atoms with Crippen LogP contribution in [0.15, 0.2) is 66.2 Å². The van der Waals surface area contributed by atoms with Gasteiger partial charge in [-0.15, -0.1) is 0 Å². The number of methoxy groups -OCH3 is 1.